The standard InChI is InChI=1S/C22H18ClF3N2O/c23-15-6-7-18-17(10-15)19(11-20(28-18)22(24,25)26)27-13-21(9-8-16(29)12-21)14-4-2-1-3-5-14/h1-7,10-11H,8-9,12-13H2,(H,27,28). The number of halogens is 4. The molecule has 1 atom stereocenters. The molecule has 7 heteroatoms. The van der Waals surface area contributed by atoms with Gasteiger partial charge in [-0.3, -0.25) is 4.79 Å². The Balaban J connectivity index is 1.75. The lowest BCUT2D eigenvalue weighted by Gasteiger charge is -2.30. The minimum Gasteiger partial charge on any atom is -0.384 e. The molecule has 3 aromatic rings. The number of rotatable bonds is 4. The van der Waals surface area contributed by atoms with Gasteiger partial charge in [-0.2, -0.15) is 13.2 Å². The first-order chi connectivity index (χ1) is 13.8. The SMILES string of the molecule is O=C1CCC(CNc2cc(C(F)(F)F)nc3ccc(Cl)cc23)(c2ccccc2)C1. The first-order valence-electron chi connectivity index (χ1n) is 9.25. The molecule has 2 aromatic carbocycles. The number of fused-ring (bicyclic) bond motifs is 1. The van der Waals surface area contributed by atoms with E-state index in [1.54, 1.807) is 6.07 Å². The van der Waals surface area contributed by atoms with Gasteiger partial charge in [0.2, 0.25) is 0 Å². The number of hydrogen-bond acceptors (Lipinski definition) is 3. The molecule has 3 nitrogen and oxygen atoms in total. The molecule has 1 heterocycles. The summed E-state index contributed by atoms with van der Waals surface area (Å²) < 4.78 is 40.0. The maximum Gasteiger partial charge on any atom is 0.433 e. The molecule has 1 N–H and O–H groups in total. The lowest BCUT2D eigenvalue weighted by atomic mass is 9.78. The summed E-state index contributed by atoms with van der Waals surface area (Å²) in [6, 6.07) is 15.2. The Bertz CT molecular complexity index is 1070. The molecule has 4 rings (SSSR count). The van der Waals surface area contributed by atoms with E-state index in [9.17, 15) is 18.0 Å². The minimum atomic E-state index is -4.56. The number of Topliss-reactive ketones (excluding diaryl/α,β-unsaturated/α-hetero) is 1. The van der Waals surface area contributed by atoms with Gasteiger partial charge in [0.1, 0.15) is 11.5 Å². The molecule has 1 unspecified atom stereocenters. The maximum atomic E-state index is 13.3. The summed E-state index contributed by atoms with van der Waals surface area (Å²) in [5, 5.41) is 4.10. The lowest BCUT2D eigenvalue weighted by molar-refractivity contribution is -0.140. The van der Waals surface area contributed by atoms with Crippen molar-refractivity contribution in [1.82, 2.24) is 4.98 Å². The number of benzene rings is 2. The Kier molecular flexibility index (Phi) is 4.99. The summed E-state index contributed by atoms with van der Waals surface area (Å²) in [5.41, 5.74) is 0.101. The fraction of sp³-hybridized carbons (Fsp3) is 0.273. The number of hydrogen-bond donors (Lipinski definition) is 1. The number of aromatic nitrogens is 1. The van der Waals surface area contributed by atoms with Gasteiger partial charge in [0, 0.05) is 40.9 Å². The first-order valence-corrected chi connectivity index (χ1v) is 9.63. The average Bonchev–Trinajstić information content (AvgIpc) is 3.08. The lowest BCUT2D eigenvalue weighted by Crippen LogP contribution is -2.32. The molecule has 0 aliphatic heterocycles. The van der Waals surface area contributed by atoms with Crippen LogP contribution in [0.5, 0.6) is 0 Å². The van der Waals surface area contributed by atoms with Crippen LogP contribution in [0.15, 0.2) is 54.6 Å². The molecule has 1 aliphatic carbocycles. The zero-order chi connectivity index (χ0) is 20.6. The molecule has 1 saturated carbocycles. The Hall–Kier alpha value is -2.60. The van der Waals surface area contributed by atoms with Crippen molar-refractivity contribution < 1.29 is 18.0 Å². The minimum absolute atomic E-state index is 0.161. The van der Waals surface area contributed by atoms with E-state index in [4.69, 9.17) is 11.6 Å². The van der Waals surface area contributed by atoms with Gasteiger partial charge in [0.25, 0.3) is 0 Å². The van der Waals surface area contributed by atoms with Crippen LogP contribution in [0.1, 0.15) is 30.5 Å². The predicted molar refractivity (Wildman–Crippen MR) is 107 cm³/mol. The fourth-order valence-electron chi connectivity index (χ4n) is 3.98. The van der Waals surface area contributed by atoms with Crippen molar-refractivity contribution in [3.05, 3.63) is 70.9 Å². The highest BCUT2D eigenvalue weighted by atomic mass is 35.5. The van der Waals surface area contributed by atoms with Gasteiger partial charge in [0.15, 0.2) is 0 Å². The highest BCUT2D eigenvalue weighted by molar-refractivity contribution is 6.31. The molecule has 0 spiro atoms. The summed E-state index contributed by atoms with van der Waals surface area (Å²) in [7, 11) is 0. The summed E-state index contributed by atoms with van der Waals surface area (Å²) in [6.45, 7) is 0.339. The first kappa shape index (κ1) is 19.7. The molecular weight excluding hydrogens is 401 g/mol. The summed E-state index contributed by atoms with van der Waals surface area (Å²) in [4.78, 5) is 15.8. The predicted octanol–water partition coefficient (Wildman–Crippen LogP) is 6.01. The van der Waals surface area contributed by atoms with Crippen LogP contribution in [-0.2, 0) is 16.4 Å². The third-order valence-electron chi connectivity index (χ3n) is 5.48. The van der Waals surface area contributed by atoms with E-state index in [1.807, 2.05) is 30.3 Å². The van der Waals surface area contributed by atoms with Crippen LogP contribution in [0, 0.1) is 0 Å². The zero-order valence-electron chi connectivity index (χ0n) is 15.4. The molecule has 29 heavy (non-hydrogen) atoms. The van der Waals surface area contributed by atoms with E-state index in [1.165, 1.54) is 12.1 Å². The number of ketones is 1. The van der Waals surface area contributed by atoms with E-state index in [0.717, 1.165) is 11.6 Å². The molecule has 0 amide bonds. The van der Waals surface area contributed by atoms with Crippen LogP contribution < -0.4 is 5.32 Å². The smallest absolute Gasteiger partial charge is 0.384 e. The Labute approximate surface area is 170 Å². The van der Waals surface area contributed by atoms with Crippen LogP contribution >= 0.6 is 11.6 Å². The van der Waals surface area contributed by atoms with E-state index in [2.05, 4.69) is 10.3 Å². The quantitative estimate of drug-likeness (QED) is 0.564. The van der Waals surface area contributed by atoms with Gasteiger partial charge in [-0.15, -0.1) is 0 Å². The monoisotopic (exact) mass is 418 g/mol. The van der Waals surface area contributed by atoms with E-state index < -0.39 is 17.3 Å². The van der Waals surface area contributed by atoms with Crippen molar-refractivity contribution in [2.75, 3.05) is 11.9 Å². The van der Waals surface area contributed by atoms with Gasteiger partial charge >= 0.3 is 6.18 Å². The van der Waals surface area contributed by atoms with E-state index >= 15 is 0 Å². The summed E-state index contributed by atoms with van der Waals surface area (Å²) in [5.74, 6) is 0.161. The van der Waals surface area contributed by atoms with Gasteiger partial charge in [-0.1, -0.05) is 41.9 Å². The molecule has 1 fully saturated rings. The Morgan fingerprint density at radius 3 is 2.52 bits per heavy atom. The second-order valence-corrected chi connectivity index (χ2v) is 7.87. The summed E-state index contributed by atoms with van der Waals surface area (Å²) in [6.07, 6.45) is -3.09. The van der Waals surface area contributed by atoms with Crippen LogP contribution in [0.4, 0.5) is 18.9 Å². The Morgan fingerprint density at radius 1 is 1.10 bits per heavy atom. The zero-order valence-corrected chi connectivity index (χ0v) is 16.1. The van der Waals surface area contributed by atoms with Gasteiger partial charge in [-0.25, -0.2) is 4.98 Å². The number of nitrogens with one attached hydrogen (secondary N) is 1. The van der Waals surface area contributed by atoms with Crippen molar-refractivity contribution in [1.29, 1.82) is 0 Å². The van der Waals surface area contributed by atoms with Gasteiger partial charge < -0.3 is 5.32 Å². The molecular formula is C22H18ClF3N2O. The third kappa shape index (κ3) is 3.94. The number of pyridine rings is 1. The van der Waals surface area contributed by atoms with Crippen LogP contribution in [0.2, 0.25) is 5.02 Å². The average molecular weight is 419 g/mol. The largest absolute Gasteiger partial charge is 0.433 e. The highest BCUT2D eigenvalue weighted by Crippen LogP contribution is 2.40. The number of alkyl halides is 3. The van der Waals surface area contributed by atoms with E-state index in [-0.39, 0.29) is 11.3 Å². The normalized spacial score (nSPS) is 19.7. The summed E-state index contributed by atoms with van der Waals surface area (Å²) >= 11 is 6.07. The van der Waals surface area contributed by atoms with Crippen molar-refractivity contribution >= 4 is 34.0 Å². The van der Waals surface area contributed by atoms with Crippen molar-refractivity contribution in [3.63, 3.8) is 0 Å². The highest BCUT2D eigenvalue weighted by Gasteiger charge is 2.40. The van der Waals surface area contributed by atoms with Crippen molar-refractivity contribution in [2.24, 2.45) is 0 Å². The topological polar surface area (TPSA) is 42.0 Å². The van der Waals surface area contributed by atoms with Crippen LogP contribution in [-0.4, -0.2) is 17.3 Å². The second-order valence-electron chi connectivity index (χ2n) is 7.43. The molecule has 0 saturated heterocycles. The van der Waals surface area contributed by atoms with Gasteiger partial charge in [-0.05, 0) is 36.2 Å². The molecule has 0 bridgehead atoms. The van der Waals surface area contributed by atoms with Crippen LogP contribution in [0.3, 0.4) is 0 Å². The number of carbonyl (C=O) groups excluding carboxylic acids is 1. The second kappa shape index (κ2) is 7.34. The van der Waals surface area contributed by atoms with E-state index in [0.29, 0.717) is 41.9 Å². The third-order valence-corrected chi connectivity index (χ3v) is 5.72. The van der Waals surface area contributed by atoms with Gasteiger partial charge in [0.05, 0.1) is 5.52 Å². The number of nitrogens with zero attached hydrogens (tertiary/aromatic N) is 1. The number of carbonyl (C=O) groups is 1. The Morgan fingerprint density at radius 2 is 1.86 bits per heavy atom. The number of anilines is 1. The molecule has 1 aromatic heterocycles. The molecule has 1 aliphatic rings. The van der Waals surface area contributed by atoms with Crippen LogP contribution in [0.25, 0.3) is 10.9 Å². The van der Waals surface area contributed by atoms with Crippen molar-refractivity contribution in [3.8, 4) is 0 Å². The molecule has 0 radical (unpaired) electrons. The van der Waals surface area contributed by atoms with Crippen molar-refractivity contribution in [2.45, 2.75) is 30.9 Å². The molecule has 150 valence electrons. The maximum absolute atomic E-state index is 13.3. The fourth-order valence-corrected chi connectivity index (χ4v) is 4.15.